The van der Waals surface area contributed by atoms with Crippen molar-refractivity contribution in [2.75, 3.05) is 32.8 Å². The summed E-state index contributed by atoms with van der Waals surface area (Å²) in [6.07, 6.45) is 0. The van der Waals surface area contributed by atoms with Crippen LogP contribution >= 0.6 is 0 Å². The molecule has 1 aromatic carbocycles. The summed E-state index contributed by atoms with van der Waals surface area (Å²) in [6.45, 7) is 18.0. The highest BCUT2D eigenvalue weighted by Crippen LogP contribution is 2.19. The monoisotopic (exact) mass is 348 g/mol. The Balaban J connectivity index is 2.72. The van der Waals surface area contributed by atoms with E-state index in [2.05, 4.69) is 63.1 Å². The molecule has 0 fully saturated rings. The van der Waals surface area contributed by atoms with Crippen LogP contribution in [0.2, 0.25) is 0 Å². The molecule has 0 amide bonds. The number of likely N-dealkylation sites (N-methyl/N-ethyl adjacent to an activating group) is 1. The van der Waals surface area contributed by atoms with Gasteiger partial charge < -0.3 is 20.3 Å². The highest BCUT2D eigenvalue weighted by atomic mass is 16.5. The van der Waals surface area contributed by atoms with Crippen LogP contribution in [-0.4, -0.2) is 49.2 Å². The Kier molecular flexibility index (Phi) is 9.35. The van der Waals surface area contributed by atoms with Crippen LogP contribution < -0.4 is 15.4 Å². The fourth-order valence-corrected chi connectivity index (χ4v) is 2.43. The number of ether oxygens (including phenoxy) is 1. The topological polar surface area (TPSA) is 48.9 Å². The quantitative estimate of drug-likeness (QED) is 0.531. The number of hydrogen-bond acceptors (Lipinski definition) is 3. The number of benzene rings is 1. The molecule has 5 nitrogen and oxygen atoms in total. The molecule has 2 N–H and O–H groups in total. The van der Waals surface area contributed by atoms with E-state index in [1.807, 2.05) is 18.2 Å². The van der Waals surface area contributed by atoms with Crippen molar-refractivity contribution in [2.24, 2.45) is 4.99 Å². The molecule has 0 saturated carbocycles. The van der Waals surface area contributed by atoms with E-state index in [-0.39, 0.29) is 5.54 Å². The van der Waals surface area contributed by atoms with Gasteiger partial charge >= 0.3 is 0 Å². The summed E-state index contributed by atoms with van der Waals surface area (Å²) in [5.74, 6) is 1.75. The van der Waals surface area contributed by atoms with E-state index >= 15 is 0 Å². The largest absolute Gasteiger partial charge is 0.492 e. The van der Waals surface area contributed by atoms with Crippen LogP contribution in [0.4, 0.5) is 0 Å². The molecule has 5 heteroatoms. The number of rotatable bonds is 9. The lowest BCUT2D eigenvalue weighted by atomic mass is 10.1. The third-order valence-corrected chi connectivity index (χ3v) is 3.78. The lowest BCUT2D eigenvalue weighted by Gasteiger charge is -2.24. The highest BCUT2D eigenvalue weighted by molar-refractivity contribution is 5.80. The fraction of sp³-hybridized carbons (Fsp3) is 0.650. The summed E-state index contributed by atoms with van der Waals surface area (Å²) in [4.78, 5) is 7.07. The Morgan fingerprint density at radius 2 is 1.80 bits per heavy atom. The molecule has 0 saturated heterocycles. The smallest absolute Gasteiger partial charge is 0.191 e. The molecule has 142 valence electrons. The molecule has 0 aromatic heterocycles. The molecule has 0 bridgehead atoms. The van der Waals surface area contributed by atoms with Crippen molar-refractivity contribution in [1.82, 2.24) is 15.5 Å². The zero-order valence-corrected chi connectivity index (χ0v) is 16.9. The fourth-order valence-electron chi connectivity index (χ4n) is 2.43. The molecule has 0 aliphatic rings. The Labute approximate surface area is 153 Å². The normalized spacial score (nSPS) is 12.4. The van der Waals surface area contributed by atoms with Crippen molar-refractivity contribution >= 4 is 5.96 Å². The van der Waals surface area contributed by atoms with Gasteiger partial charge in [-0.3, -0.25) is 0 Å². The number of para-hydroxylation sites is 1. The second kappa shape index (κ2) is 11.0. The van der Waals surface area contributed by atoms with Crippen LogP contribution in [0.5, 0.6) is 5.75 Å². The van der Waals surface area contributed by atoms with E-state index in [0.717, 1.165) is 43.5 Å². The molecule has 0 aliphatic heterocycles. The van der Waals surface area contributed by atoms with Crippen LogP contribution in [0, 0.1) is 0 Å². The summed E-state index contributed by atoms with van der Waals surface area (Å²) in [6, 6.07) is 8.15. The van der Waals surface area contributed by atoms with E-state index in [9.17, 15) is 0 Å². The standard InChI is InChI=1S/C20H36N4O/c1-7-21-19(23-20(4,5)6)22-16-17-12-10-11-13-18(17)25-15-14-24(8-2)9-3/h10-13H,7-9,14-16H2,1-6H3,(H2,21,22,23). The summed E-state index contributed by atoms with van der Waals surface area (Å²) in [5, 5.41) is 6.71. The third kappa shape index (κ3) is 8.77. The number of hydrogen-bond donors (Lipinski definition) is 2. The van der Waals surface area contributed by atoms with Gasteiger partial charge in [-0.2, -0.15) is 0 Å². The van der Waals surface area contributed by atoms with Crippen molar-refractivity contribution in [3.05, 3.63) is 29.8 Å². The SMILES string of the molecule is CCNC(=NCc1ccccc1OCCN(CC)CC)NC(C)(C)C. The lowest BCUT2D eigenvalue weighted by molar-refractivity contribution is 0.221. The Bertz CT molecular complexity index is 519. The number of nitrogens with zero attached hydrogens (tertiary/aromatic N) is 2. The Morgan fingerprint density at radius 1 is 1.12 bits per heavy atom. The van der Waals surface area contributed by atoms with Crippen LogP contribution in [0.15, 0.2) is 29.3 Å². The highest BCUT2D eigenvalue weighted by Gasteiger charge is 2.12. The van der Waals surface area contributed by atoms with Crippen LogP contribution in [0.25, 0.3) is 0 Å². The first-order valence-electron chi connectivity index (χ1n) is 9.39. The molecule has 1 aromatic rings. The maximum absolute atomic E-state index is 6.01. The molecular weight excluding hydrogens is 312 g/mol. The molecule has 0 unspecified atom stereocenters. The first-order valence-corrected chi connectivity index (χ1v) is 9.39. The Hall–Kier alpha value is -1.75. The number of aliphatic imine (C=N–C) groups is 1. The van der Waals surface area contributed by atoms with Gasteiger partial charge in [-0.25, -0.2) is 4.99 Å². The number of nitrogens with one attached hydrogen (secondary N) is 2. The molecule has 1 rings (SSSR count). The van der Waals surface area contributed by atoms with Crippen molar-refractivity contribution < 1.29 is 4.74 Å². The van der Waals surface area contributed by atoms with Gasteiger partial charge in [0.05, 0.1) is 6.54 Å². The van der Waals surface area contributed by atoms with E-state index in [4.69, 9.17) is 9.73 Å². The van der Waals surface area contributed by atoms with Crippen molar-refractivity contribution in [1.29, 1.82) is 0 Å². The minimum absolute atomic E-state index is 0.0270. The molecule has 0 atom stereocenters. The average molecular weight is 349 g/mol. The van der Waals surface area contributed by atoms with Gasteiger partial charge in [-0.1, -0.05) is 32.0 Å². The second-order valence-corrected chi connectivity index (χ2v) is 7.05. The summed E-state index contributed by atoms with van der Waals surface area (Å²) >= 11 is 0. The van der Waals surface area contributed by atoms with Gasteiger partial charge in [0.2, 0.25) is 0 Å². The molecule has 0 radical (unpaired) electrons. The third-order valence-electron chi connectivity index (χ3n) is 3.78. The zero-order valence-electron chi connectivity index (χ0n) is 16.9. The first kappa shape index (κ1) is 21.3. The van der Waals surface area contributed by atoms with Gasteiger partial charge in [0.25, 0.3) is 0 Å². The molecular formula is C20H36N4O. The predicted molar refractivity (Wildman–Crippen MR) is 107 cm³/mol. The second-order valence-electron chi connectivity index (χ2n) is 7.05. The minimum Gasteiger partial charge on any atom is -0.492 e. The van der Waals surface area contributed by atoms with E-state index in [0.29, 0.717) is 13.2 Å². The maximum Gasteiger partial charge on any atom is 0.191 e. The van der Waals surface area contributed by atoms with E-state index in [1.165, 1.54) is 0 Å². The maximum atomic E-state index is 6.01. The van der Waals surface area contributed by atoms with Gasteiger partial charge in [0.15, 0.2) is 5.96 Å². The first-order chi connectivity index (χ1) is 11.9. The molecule has 0 aliphatic carbocycles. The van der Waals surface area contributed by atoms with Crippen LogP contribution in [0.1, 0.15) is 47.1 Å². The van der Waals surface area contributed by atoms with Crippen LogP contribution in [-0.2, 0) is 6.54 Å². The Morgan fingerprint density at radius 3 is 2.40 bits per heavy atom. The predicted octanol–water partition coefficient (Wildman–Crippen LogP) is 3.26. The summed E-state index contributed by atoms with van der Waals surface area (Å²) < 4.78 is 6.01. The molecule has 25 heavy (non-hydrogen) atoms. The number of guanidine groups is 1. The van der Waals surface area contributed by atoms with Crippen molar-refractivity contribution in [3.63, 3.8) is 0 Å². The van der Waals surface area contributed by atoms with Gasteiger partial charge in [0, 0.05) is 24.2 Å². The summed E-state index contributed by atoms with van der Waals surface area (Å²) in [5.41, 5.74) is 1.08. The van der Waals surface area contributed by atoms with Gasteiger partial charge in [-0.05, 0) is 46.9 Å². The van der Waals surface area contributed by atoms with Gasteiger partial charge in [0.1, 0.15) is 12.4 Å². The van der Waals surface area contributed by atoms with E-state index < -0.39 is 0 Å². The van der Waals surface area contributed by atoms with Crippen molar-refractivity contribution in [2.45, 2.75) is 53.6 Å². The minimum atomic E-state index is -0.0270. The van der Waals surface area contributed by atoms with Crippen molar-refractivity contribution in [3.8, 4) is 5.75 Å². The summed E-state index contributed by atoms with van der Waals surface area (Å²) in [7, 11) is 0. The van der Waals surface area contributed by atoms with Gasteiger partial charge in [-0.15, -0.1) is 0 Å². The zero-order chi connectivity index (χ0) is 18.7. The lowest BCUT2D eigenvalue weighted by Crippen LogP contribution is -2.47. The molecule has 0 spiro atoms. The average Bonchev–Trinajstić information content (AvgIpc) is 2.56. The molecule has 0 heterocycles. The van der Waals surface area contributed by atoms with E-state index in [1.54, 1.807) is 0 Å². The van der Waals surface area contributed by atoms with Crippen LogP contribution in [0.3, 0.4) is 0 Å².